The maximum atomic E-state index is 13.2. The van der Waals surface area contributed by atoms with E-state index in [1.807, 2.05) is 0 Å². The number of aromatic nitrogens is 4. The molecule has 0 unspecified atom stereocenters. The van der Waals surface area contributed by atoms with E-state index in [0.717, 1.165) is 10.6 Å². The fourth-order valence-corrected chi connectivity index (χ4v) is 2.62. The van der Waals surface area contributed by atoms with Gasteiger partial charge in [0.1, 0.15) is 0 Å². The van der Waals surface area contributed by atoms with Crippen LogP contribution in [0.2, 0.25) is 0 Å². The van der Waals surface area contributed by atoms with Gasteiger partial charge in [0.2, 0.25) is 0 Å². The third kappa shape index (κ3) is 2.15. The first-order chi connectivity index (χ1) is 11.4. The summed E-state index contributed by atoms with van der Waals surface area (Å²) in [5, 5.41) is 4.57. The van der Waals surface area contributed by atoms with Crippen molar-refractivity contribution in [2.75, 3.05) is 0 Å². The molecule has 0 saturated carbocycles. The highest BCUT2D eigenvalue weighted by Gasteiger charge is 2.34. The van der Waals surface area contributed by atoms with E-state index in [1.54, 1.807) is 24.3 Å². The molecule has 0 saturated heterocycles. The second-order valence-corrected chi connectivity index (χ2v) is 5.19. The molecule has 0 bridgehead atoms. The maximum Gasteiger partial charge on any atom is 0.417 e. The van der Waals surface area contributed by atoms with E-state index >= 15 is 0 Å². The number of fused-ring (bicyclic) bond motifs is 3. The number of hydrogen-bond donors (Lipinski definition) is 1. The summed E-state index contributed by atoms with van der Waals surface area (Å²) in [5.74, 6) is -0.148. The van der Waals surface area contributed by atoms with E-state index in [0.29, 0.717) is 10.9 Å². The number of hydrogen-bond acceptors (Lipinski definition) is 3. The van der Waals surface area contributed by atoms with Gasteiger partial charge in [-0.1, -0.05) is 30.3 Å². The van der Waals surface area contributed by atoms with Crippen molar-refractivity contribution >= 4 is 16.6 Å². The van der Waals surface area contributed by atoms with Gasteiger partial charge in [-0.25, -0.2) is 9.78 Å². The smallest absolute Gasteiger partial charge is 0.305 e. The molecule has 0 aliphatic rings. The molecule has 120 valence electrons. The van der Waals surface area contributed by atoms with Gasteiger partial charge < -0.3 is 4.98 Å². The number of aromatic amines is 1. The molecule has 0 aliphatic heterocycles. The topological polar surface area (TPSA) is 63.0 Å². The van der Waals surface area contributed by atoms with Crippen molar-refractivity contribution < 1.29 is 13.2 Å². The predicted molar refractivity (Wildman–Crippen MR) is 81.6 cm³/mol. The van der Waals surface area contributed by atoms with Crippen molar-refractivity contribution in [3.05, 3.63) is 64.6 Å². The standard InChI is InChI=1S/C16H9F3N4O/c17-16(18,19)11-7-3-1-5-9(11)13-21-14-10-6-2-4-8-12(10)20-15(24)23(14)22-13/h1-8H,(H,20,24). The van der Waals surface area contributed by atoms with E-state index in [9.17, 15) is 18.0 Å². The third-order valence-corrected chi connectivity index (χ3v) is 3.68. The van der Waals surface area contributed by atoms with Crippen LogP contribution >= 0.6 is 0 Å². The number of halogens is 3. The van der Waals surface area contributed by atoms with Crippen LogP contribution in [0.4, 0.5) is 13.2 Å². The summed E-state index contributed by atoms with van der Waals surface area (Å²) >= 11 is 0. The maximum absolute atomic E-state index is 13.2. The minimum atomic E-state index is -4.54. The highest BCUT2D eigenvalue weighted by molar-refractivity contribution is 5.91. The first kappa shape index (κ1) is 14.4. The quantitative estimate of drug-likeness (QED) is 0.583. The average molecular weight is 330 g/mol. The zero-order valence-corrected chi connectivity index (χ0v) is 12.0. The van der Waals surface area contributed by atoms with Gasteiger partial charge in [0.25, 0.3) is 0 Å². The first-order valence-corrected chi connectivity index (χ1v) is 6.99. The van der Waals surface area contributed by atoms with Crippen LogP contribution in [-0.2, 0) is 6.18 Å². The fraction of sp³-hybridized carbons (Fsp3) is 0.0625. The van der Waals surface area contributed by atoms with Crippen LogP contribution in [-0.4, -0.2) is 19.6 Å². The van der Waals surface area contributed by atoms with Gasteiger partial charge in [0.05, 0.1) is 11.1 Å². The second-order valence-electron chi connectivity index (χ2n) is 5.19. The Bertz CT molecular complexity index is 1130. The summed E-state index contributed by atoms with van der Waals surface area (Å²) in [4.78, 5) is 18.9. The van der Waals surface area contributed by atoms with Gasteiger partial charge in [-0.2, -0.15) is 17.7 Å². The van der Waals surface area contributed by atoms with Crippen molar-refractivity contribution in [2.45, 2.75) is 6.18 Å². The molecule has 0 atom stereocenters. The summed E-state index contributed by atoms with van der Waals surface area (Å²) in [7, 11) is 0. The van der Waals surface area contributed by atoms with Crippen molar-refractivity contribution in [3.63, 3.8) is 0 Å². The van der Waals surface area contributed by atoms with Gasteiger partial charge in [0.15, 0.2) is 11.5 Å². The zero-order valence-electron chi connectivity index (χ0n) is 12.0. The Morgan fingerprint density at radius 2 is 1.71 bits per heavy atom. The molecule has 24 heavy (non-hydrogen) atoms. The average Bonchev–Trinajstić information content (AvgIpc) is 3.00. The van der Waals surface area contributed by atoms with E-state index in [1.165, 1.54) is 18.2 Å². The van der Waals surface area contributed by atoms with Crippen LogP contribution in [0.25, 0.3) is 27.9 Å². The first-order valence-electron chi connectivity index (χ1n) is 6.99. The number of nitrogens with zero attached hydrogens (tertiary/aromatic N) is 3. The molecule has 2 aromatic heterocycles. The molecule has 8 heteroatoms. The van der Waals surface area contributed by atoms with E-state index < -0.39 is 17.4 Å². The number of benzene rings is 2. The molecular weight excluding hydrogens is 321 g/mol. The SMILES string of the molecule is O=c1[nH]c2ccccc2c2nc(-c3ccccc3C(F)(F)F)nn12. The number of nitrogens with one attached hydrogen (secondary N) is 1. The monoisotopic (exact) mass is 330 g/mol. The number of para-hydroxylation sites is 1. The van der Waals surface area contributed by atoms with Crippen LogP contribution < -0.4 is 5.69 Å². The van der Waals surface area contributed by atoms with Crippen molar-refractivity contribution in [2.24, 2.45) is 0 Å². The molecule has 1 N–H and O–H groups in total. The van der Waals surface area contributed by atoms with Crippen molar-refractivity contribution in [1.29, 1.82) is 0 Å². The van der Waals surface area contributed by atoms with Gasteiger partial charge in [0, 0.05) is 10.9 Å². The molecule has 5 nitrogen and oxygen atoms in total. The van der Waals surface area contributed by atoms with Crippen LogP contribution in [0.3, 0.4) is 0 Å². The van der Waals surface area contributed by atoms with Crippen LogP contribution in [0.5, 0.6) is 0 Å². The Morgan fingerprint density at radius 1 is 1.00 bits per heavy atom. The van der Waals surface area contributed by atoms with Gasteiger partial charge in [-0.15, -0.1) is 5.10 Å². The molecule has 0 amide bonds. The highest BCUT2D eigenvalue weighted by Crippen LogP contribution is 2.36. The summed E-state index contributed by atoms with van der Waals surface area (Å²) in [6, 6.07) is 11.9. The van der Waals surface area contributed by atoms with Gasteiger partial charge in [-0.3, -0.25) is 0 Å². The fourth-order valence-electron chi connectivity index (χ4n) is 2.62. The molecule has 0 aliphatic carbocycles. The Kier molecular flexibility index (Phi) is 2.96. The minimum Gasteiger partial charge on any atom is -0.305 e. The number of rotatable bonds is 1. The highest BCUT2D eigenvalue weighted by atomic mass is 19.4. The molecule has 4 aromatic rings. The lowest BCUT2D eigenvalue weighted by Gasteiger charge is -2.09. The van der Waals surface area contributed by atoms with E-state index in [-0.39, 0.29) is 17.0 Å². The predicted octanol–water partition coefficient (Wildman–Crippen LogP) is 3.26. The molecule has 0 spiro atoms. The largest absolute Gasteiger partial charge is 0.417 e. The molecule has 4 rings (SSSR count). The molecular formula is C16H9F3N4O. The molecule has 0 fully saturated rings. The van der Waals surface area contributed by atoms with Gasteiger partial charge in [-0.05, 0) is 18.2 Å². The summed E-state index contributed by atoms with van der Waals surface area (Å²) in [6.07, 6.45) is -4.54. The summed E-state index contributed by atoms with van der Waals surface area (Å²) in [5.41, 5.74) is -0.829. The Balaban J connectivity index is 2.06. The van der Waals surface area contributed by atoms with Crippen LogP contribution in [0.15, 0.2) is 53.3 Å². The lowest BCUT2D eigenvalue weighted by Crippen LogP contribution is -2.17. The number of alkyl halides is 3. The minimum absolute atomic E-state index is 0.148. The lowest BCUT2D eigenvalue weighted by atomic mass is 10.1. The van der Waals surface area contributed by atoms with Crippen LogP contribution in [0.1, 0.15) is 5.56 Å². The Labute approximate surface area is 132 Å². The zero-order chi connectivity index (χ0) is 16.9. The molecule has 2 heterocycles. The van der Waals surface area contributed by atoms with E-state index in [2.05, 4.69) is 15.1 Å². The lowest BCUT2D eigenvalue weighted by molar-refractivity contribution is -0.137. The van der Waals surface area contributed by atoms with Gasteiger partial charge >= 0.3 is 11.9 Å². The van der Waals surface area contributed by atoms with Crippen molar-refractivity contribution in [1.82, 2.24) is 19.6 Å². The summed E-state index contributed by atoms with van der Waals surface area (Å²) in [6.45, 7) is 0. The Hall–Kier alpha value is -3.16. The third-order valence-electron chi connectivity index (χ3n) is 3.68. The number of H-pyrrole nitrogens is 1. The van der Waals surface area contributed by atoms with Crippen LogP contribution in [0, 0.1) is 0 Å². The second kappa shape index (κ2) is 4.92. The normalized spacial score (nSPS) is 12.1. The summed E-state index contributed by atoms with van der Waals surface area (Å²) < 4.78 is 40.6. The van der Waals surface area contributed by atoms with E-state index in [4.69, 9.17) is 0 Å². The molecule has 0 radical (unpaired) electrons. The Morgan fingerprint density at radius 3 is 2.50 bits per heavy atom. The van der Waals surface area contributed by atoms with Crippen molar-refractivity contribution in [3.8, 4) is 11.4 Å². The molecule has 2 aromatic carbocycles.